The van der Waals surface area contributed by atoms with E-state index in [1.807, 2.05) is 30.3 Å². The van der Waals surface area contributed by atoms with Crippen LogP contribution in [0.25, 0.3) is 74.9 Å². The van der Waals surface area contributed by atoms with Crippen molar-refractivity contribution in [2.75, 3.05) is 4.90 Å². The van der Waals surface area contributed by atoms with E-state index in [1.165, 1.54) is 9.40 Å². The minimum Gasteiger partial charge on any atom is -0.438 e. The van der Waals surface area contributed by atoms with Gasteiger partial charge in [-0.3, -0.25) is 0 Å². The monoisotopic (exact) mass is 678 g/mol. The second kappa shape index (κ2) is 11.8. The second-order valence-electron chi connectivity index (χ2n) is 12.1. The molecule has 4 heterocycles. The largest absolute Gasteiger partial charge is 0.438 e. The van der Waals surface area contributed by atoms with E-state index in [0.717, 1.165) is 76.9 Å². The maximum Gasteiger partial charge on any atom is 0.227 e. The first-order chi connectivity index (χ1) is 24.7. The highest BCUT2D eigenvalue weighted by Gasteiger charge is 2.16. The highest BCUT2D eigenvalue weighted by molar-refractivity contribution is 7.22. The average molecular weight is 679 g/mol. The van der Waals surface area contributed by atoms with Crippen LogP contribution in [0.3, 0.4) is 0 Å². The van der Waals surface area contributed by atoms with Crippen LogP contribution in [0.5, 0.6) is 0 Å². The van der Waals surface area contributed by atoms with Crippen molar-refractivity contribution in [3.8, 4) is 32.4 Å². The van der Waals surface area contributed by atoms with Gasteiger partial charge < -0.3 is 9.32 Å². The molecule has 5 nitrogen and oxygen atoms in total. The smallest absolute Gasteiger partial charge is 0.227 e. The molecule has 0 aliphatic heterocycles. The fourth-order valence-electron chi connectivity index (χ4n) is 6.49. The standard InChI is InChI=1S/C43H26N4OS2/c1-4-10-38-33(7-1)34-25-26-35(44-41(34)48-38)27-13-19-30(20-14-27)47(31-21-15-28(16-22-31)42-45-36-8-2-5-11-39(36)49-42)32-23-17-29(18-24-32)43-46-37-9-3-6-12-40(37)50-43/h1-26H. The number of anilines is 3. The molecule has 0 bridgehead atoms. The first-order valence-electron chi connectivity index (χ1n) is 16.3. The van der Waals surface area contributed by atoms with Gasteiger partial charge in [0.15, 0.2) is 0 Å². The minimum atomic E-state index is 0.649. The van der Waals surface area contributed by atoms with Gasteiger partial charge in [-0.05, 0) is 103 Å². The number of hydrogen-bond donors (Lipinski definition) is 0. The highest BCUT2D eigenvalue weighted by atomic mass is 32.1. The zero-order valence-electron chi connectivity index (χ0n) is 26.5. The van der Waals surface area contributed by atoms with Gasteiger partial charge in [0.25, 0.3) is 0 Å². The van der Waals surface area contributed by atoms with Crippen LogP contribution in [0.1, 0.15) is 0 Å². The Balaban J connectivity index is 1.02. The normalized spacial score (nSPS) is 11.6. The van der Waals surface area contributed by atoms with E-state index in [0.29, 0.717) is 5.71 Å². The van der Waals surface area contributed by atoms with Crippen LogP contribution in [0.2, 0.25) is 0 Å². The van der Waals surface area contributed by atoms with Crippen LogP contribution in [-0.4, -0.2) is 15.0 Å². The predicted molar refractivity (Wildman–Crippen MR) is 209 cm³/mol. The molecule has 10 rings (SSSR count). The molecule has 0 saturated carbocycles. The summed E-state index contributed by atoms with van der Waals surface area (Å²) in [6.45, 7) is 0. The number of pyridine rings is 1. The summed E-state index contributed by atoms with van der Waals surface area (Å²) in [4.78, 5) is 16.9. The number of benzene rings is 6. The highest BCUT2D eigenvalue weighted by Crippen LogP contribution is 2.39. The third-order valence-electron chi connectivity index (χ3n) is 9.00. The van der Waals surface area contributed by atoms with Crippen molar-refractivity contribution in [2.24, 2.45) is 0 Å². The number of para-hydroxylation sites is 3. The second-order valence-corrected chi connectivity index (χ2v) is 14.2. The lowest BCUT2D eigenvalue weighted by Gasteiger charge is -2.26. The Morgan fingerprint density at radius 2 is 0.920 bits per heavy atom. The van der Waals surface area contributed by atoms with Crippen LogP contribution >= 0.6 is 22.7 Å². The van der Waals surface area contributed by atoms with Crippen molar-refractivity contribution in [1.82, 2.24) is 15.0 Å². The molecule has 0 aliphatic rings. The number of nitrogens with zero attached hydrogens (tertiary/aromatic N) is 4. The summed E-state index contributed by atoms with van der Waals surface area (Å²) in [7, 11) is 0. The summed E-state index contributed by atoms with van der Waals surface area (Å²) in [6, 6.07) is 54.7. The summed E-state index contributed by atoms with van der Waals surface area (Å²) in [5.74, 6) is 0. The molecule has 0 aliphatic carbocycles. The Bertz CT molecular complexity index is 2630. The molecule has 0 atom stereocenters. The number of rotatable bonds is 6. The molecule has 0 radical (unpaired) electrons. The van der Waals surface area contributed by atoms with E-state index in [-0.39, 0.29) is 0 Å². The average Bonchev–Trinajstić information content (AvgIpc) is 3.91. The number of hydrogen-bond acceptors (Lipinski definition) is 7. The molecule has 0 amide bonds. The molecule has 7 heteroatoms. The van der Waals surface area contributed by atoms with Gasteiger partial charge in [-0.25, -0.2) is 15.0 Å². The molecule has 4 aromatic heterocycles. The molecule has 0 N–H and O–H groups in total. The number of aromatic nitrogens is 3. The van der Waals surface area contributed by atoms with Gasteiger partial charge in [0.2, 0.25) is 5.71 Å². The van der Waals surface area contributed by atoms with E-state index < -0.39 is 0 Å². The zero-order valence-corrected chi connectivity index (χ0v) is 28.2. The van der Waals surface area contributed by atoms with Crippen molar-refractivity contribution in [3.63, 3.8) is 0 Å². The van der Waals surface area contributed by atoms with Gasteiger partial charge >= 0.3 is 0 Å². The number of thiazole rings is 2. The van der Waals surface area contributed by atoms with Crippen LogP contribution in [0.4, 0.5) is 17.1 Å². The van der Waals surface area contributed by atoms with Crippen LogP contribution < -0.4 is 4.90 Å². The topological polar surface area (TPSA) is 55.1 Å². The Labute approximate surface area is 295 Å². The third-order valence-corrected chi connectivity index (χ3v) is 11.2. The Morgan fingerprint density at radius 3 is 1.48 bits per heavy atom. The fourth-order valence-corrected chi connectivity index (χ4v) is 8.43. The molecule has 0 saturated heterocycles. The van der Waals surface area contributed by atoms with Crippen molar-refractivity contribution in [1.29, 1.82) is 0 Å². The number of fused-ring (bicyclic) bond motifs is 5. The van der Waals surface area contributed by atoms with E-state index in [1.54, 1.807) is 22.7 Å². The molecule has 0 unspecified atom stereocenters. The van der Waals surface area contributed by atoms with Gasteiger partial charge in [-0.2, -0.15) is 0 Å². The summed E-state index contributed by atoms with van der Waals surface area (Å²) in [5, 5.41) is 4.14. The minimum absolute atomic E-state index is 0.649. The summed E-state index contributed by atoms with van der Waals surface area (Å²) < 4.78 is 8.46. The zero-order chi connectivity index (χ0) is 33.0. The predicted octanol–water partition coefficient (Wildman–Crippen LogP) is 12.7. The van der Waals surface area contributed by atoms with E-state index >= 15 is 0 Å². The molecular weight excluding hydrogens is 653 g/mol. The molecule has 0 spiro atoms. The Kier molecular flexibility index (Phi) is 6.79. The maximum atomic E-state index is 6.08. The fraction of sp³-hybridized carbons (Fsp3) is 0. The Morgan fingerprint density at radius 1 is 0.420 bits per heavy atom. The lowest BCUT2D eigenvalue weighted by Crippen LogP contribution is -2.09. The van der Waals surface area contributed by atoms with E-state index in [4.69, 9.17) is 19.4 Å². The summed E-state index contributed by atoms with van der Waals surface area (Å²) in [5.41, 5.74) is 10.8. The molecule has 10 aromatic rings. The molecule has 236 valence electrons. The Hall–Kier alpha value is -6.15. The van der Waals surface area contributed by atoms with Gasteiger partial charge in [-0.1, -0.05) is 54.6 Å². The quantitative estimate of drug-likeness (QED) is 0.175. The van der Waals surface area contributed by atoms with Crippen molar-refractivity contribution in [3.05, 3.63) is 158 Å². The van der Waals surface area contributed by atoms with Crippen LogP contribution in [-0.2, 0) is 0 Å². The van der Waals surface area contributed by atoms with Crippen molar-refractivity contribution >= 4 is 82.2 Å². The van der Waals surface area contributed by atoms with Gasteiger partial charge in [0.1, 0.15) is 15.6 Å². The molecule has 6 aromatic carbocycles. The first-order valence-corrected chi connectivity index (χ1v) is 18.0. The van der Waals surface area contributed by atoms with E-state index in [2.05, 4.69) is 132 Å². The van der Waals surface area contributed by atoms with E-state index in [9.17, 15) is 0 Å². The summed E-state index contributed by atoms with van der Waals surface area (Å²) in [6.07, 6.45) is 0. The third kappa shape index (κ3) is 5.03. The summed E-state index contributed by atoms with van der Waals surface area (Å²) >= 11 is 3.43. The van der Waals surface area contributed by atoms with Crippen molar-refractivity contribution < 1.29 is 4.42 Å². The SMILES string of the molecule is c1ccc2sc(-c3ccc(N(c4ccc(-c5ccc6c(n5)oc5ccccc56)cc4)c4ccc(-c5nc6ccccc6s5)cc4)cc3)nc2c1. The van der Waals surface area contributed by atoms with Gasteiger partial charge in [0.05, 0.1) is 26.1 Å². The van der Waals surface area contributed by atoms with Gasteiger partial charge in [0, 0.05) is 44.5 Å². The number of furan rings is 1. The molecule has 0 fully saturated rings. The molecule has 50 heavy (non-hydrogen) atoms. The van der Waals surface area contributed by atoms with Crippen molar-refractivity contribution in [2.45, 2.75) is 0 Å². The van der Waals surface area contributed by atoms with Gasteiger partial charge in [-0.15, -0.1) is 22.7 Å². The van der Waals surface area contributed by atoms with Crippen LogP contribution in [0.15, 0.2) is 162 Å². The lowest BCUT2D eigenvalue weighted by molar-refractivity contribution is 0.654. The molecular formula is C43H26N4OS2. The first kappa shape index (κ1) is 28.8. The van der Waals surface area contributed by atoms with Crippen LogP contribution in [0, 0.1) is 0 Å². The lowest BCUT2D eigenvalue weighted by atomic mass is 10.1. The maximum absolute atomic E-state index is 6.08.